The summed E-state index contributed by atoms with van der Waals surface area (Å²) >= 11 is 0. The second kappa shape index (κ2) is 19.2. The van der Waals surface area contributed by atoms with E-state index in [-0.39, 0.29) is 51.0 Å². The molecule has 13 nitrogen and oxygen atoms in total. The number of ether oxygens (including phenoxy) is 2. The summed E-state index contributed by atoms with van der Waals surface area (Å²) in [6.07, 6.45) is 6.26. The molecule has 4 amide bonds. The average Bonchev–Trinajstić information content (AvgIpc) is 3.21. The highest BCUT2D eigenvalue weighted by Crippen LogP contribution is 2.38. The van der Waals surface area contributed by atoms with Crippen LogP contribution < -0.4 is 10.6 Å². The van der Waals surface area contributed by atoms with Crippen LogP contribution >= 0.6 is 8.60 Å². The van der Waals surface area contributed by atoms with Crippen LogP contribution in [-0.2, 0) is 47.3 Å². The molecule has 0 spiro atoms. The van der Waals surface area contributed by atoms with Gasteiger partial charge in [0, 0.05) is 45.3 Å². The highest BCUT2D eigenvalue weighted by atomic mass is 31.2. The number of unbranched alkanes of at least 4 members (excludes halogenated alkanes) is 3. The van der Waals surface area contributed by atoms with Crippen molar-refractivity contribution in [2.45, 2.75) is 77.4 Å². The summed E-state index contributed by atoms with van der Waals surface area (Å²) < 4.78 is 27.1. The van der Waals surface area contributed by atoms with Crippen LogP contribution in [0.15, 0.2) is 12.2 Å². The lowest BCUT2D eigenvalue weighted by Gasteiger charge is -2.32. The molecule has 0 fully saturated rings. The van der Waals surface area contributed by atoms with Gasteiger partial charge in [-0.05, 0) is 40.5 Å². The summed E-state index contributed by atoms with van der Waals surface area (Å²) in [6.45, 7) is 9.39. The van der Waals surface area contributed by atoms with Crippen LogP contribution in [-0.4, -0.2) is 93.4 Å². The van der Waals surface area contributed by atoms with E-state index in [0.717, 1.165) is 30.6 Å². The molecule has 14 heteroatoms. The third kappa shape index (κ3) is 16.3. The van der Waals surface area contributed by atoms with Crippen molar-refractivity contribution in [2.75, 3.05) is 53.7 Å². The molecule has 230 valence electrons. The number of nitrogens with one attached hydrogen (secondary N) is 2. The SMILES string of the molecule is COOP(OC)OCCCCCCNC(=O)CC(C)(C)OCC(C)(C)OCCNC(=O)CCN1C(=O)C=CC1=O. The first-order valence-corrected chi connectivity index (χ1v) is 14.5. The number of imide groups is 1. The van der Waals surface area contributed by atoms with Crippen molar-refractivity contribution >= 4 is 32.2 Å². The minimum Gasteiger partial charge on any atom is -0.372 e. The summed E-state index contributed by atoms with van der Waals surface area (Å²) in [7, 11) is 1.43. The molecule has 1 aliphatic rings. The molecular weight excluding hydrogens is 545 g/mol. The number of carbonyl (C=O) groups is 4. The van der Waals surface area contributed by atoms with Crippen molar-refractivity contribution in [3.05, 3.63) is 12.2 Å². The lowest BCUT2D eigenvalue weighted by Crippen LogP contribution is -2.41. The molecule has 0 saturated heterocycles. The molecule has 0 bridgehead atoms. The van der Waals surface area contributed by atoms with Gasteiger partial charge in [0.1, 0.15) is 0 Å². The Labute approximate surface area is 238 Å². The first kappa shape index (κ1) is 36.0. The Kier molecular flexibility index (Phi) is 17.3. The van der Waals surface area contributed by atoms with Gasteiger partial charge in [0.15, 0.2) is 0 Å². The molecule has 1 unspecified atom stereocenters. The molecule has 1 aliphatic heterocycles. The van der Waals surface area contributed by atoms with Gasteiger partial charge in [-0.15, -0.1) is 0 Å². The zero-order chi connectivity index (χ0) is 30.0. The predicted molar refractivity (Wildman–Crippen MR) is 148 cm³/mol. The number of nitrogens with zero attached hydrogens (tertiary/aromatic N) is 1. The molecule has 1 heterocycles. The largest absolute Gasteiger partial charge is 0.372 e. The Morgan fingerprint density at radius 2 is 1.50 bits per heavy atom. The summed E-state index contributed by atoms with van der Waals surface area (Å²) in [6, 6.07) is 0. The first-order chi connectivity index (χ1) is 18.9. The van der Waals surface area contributed by atoms with E-state index >= 15 is 0 Å². The van der Waals surface area contributed by atoms with E-state index in [4.69, 9.17) is 23.2 Å². The zero-order valence-corrected chi connectivity index (χ0v) is 25.5. The van der Waals surface area contributed by atoms with Gasteiger partial charge in [-0.3, -0.25) is 24.1 Å². The number of rotatable bonds is 23. The maximum atomic E-state index is 12.4. The number of amides is 4. The van der Waals surface area contributed by atoms with Crippen LogP contribution in [0.25, 0.3) is 0 Å². The standard InChI is InChI=1S/C26H46N3O10P/c1-25(2,19-22(31)27-14-9-7-8-10-17-38-40(35-6)39-34-5)37-20-26(3,4)36-18-15-28-21(30)13-16-29-23(32)11-12-24(29)33/h11-12H,7-10,13-20H2,1-6H3,(H,27,31)(H,28,30). The van der Waals surface area contributed by atoms with Gasteiger partial charge >= 0.3 is 8.60 Å². The molecule has 1 rings (SSSR count). The molecule has 2 N–H and O–H groups in total. The van der Waals surface area contributed by atoms with Crippen LogP contribution in [0, 0.1) is 0 Å². The van der Waals surface area contributed by atoms with Crippen molar-refractivity contribution in [2.24, 2.45) is 0 Å². The fraction of sp³-hybridized carbons (Fsp3) is 0.769. The summed E-state index contributed by atoms with van der Waals surface area (Å²) in [5, 5.41) is 5.65. The minimum atomic E-state index is -1.47. The van der Waals surface area contributed by atoms with Gasteiger partial charge in [0.2, 0.25) is 11.8 Å². The third-order valence-corrected chi connectivity index (χ3v) is 6.61. The maximum absolute atomic E-state index is 12.4. The Bertz CT molecular complexity index is 820. The van der Waals surface area contributed by atoms with Crippen molar-refractivity contribution in [3.8, 4) is 0 Å². The minimum absolute atomic E-state index is 0.0257. The van der Waals surface area contributed by atoms with E-state index in [2.05, 4.69) is 15.5 Å². The Hall–Kier alpha value is -1.99. The maximum Gasteiger partial charge on any atom is 0.362 e. The van der Waals surface area contributed by atoms with E-state index in [1.807, 2.05) is 27.7 Å². The second-order valence-electron chi connectivity index (χ2n) is 10.3. The van der Waals surface area contributed by atoms with Crippen LogP contribution in [0.2, 0.25) is 0 Å². The van der Waals surface area contributed by atoms with Crippen LogP contribution in [0.5, 0.6) is 0 Å². The van der Waals surface area contributed by atoms with Crippen LogP contribution in [0.3, 0.4) is 0 Å². The van der Waals surface area contributed by atoms with Crippen LogP contribution in [0.1, 0.15) is 66.2 Å². The molecule has 0 aromatic rings. The monoisotopic (exact) mass is 591 g/mol. The van der Waals surface area contributed by atoms with Gasteiger partial charge < -0.3 is 29.2 Å². The third-order valence-electron chi connectivity index (χ3n) is 5.65. The van der Waals surface area contributed by atoms with Gasteiger partial charge in [0.05, 0.1) is 44.6 Å². The van der Waals surface area contributed by atoms with Gasteiger partial charge in [-0.2, -0.15) is 4.67 Å². The van der Waals surface area contributed by atoms with Crippen molar-refractivity contribution in [1.29, 1.82) is 0 Å². The highest BCUT2D eigenvalue weighted by Gasteiger charge is 2.28. The van der Waals surface area contributed by atoms with E-state index < -0.39 is 31.6 Å². The van der Waals surface area contributed by atoms with E-state index in [1.54, 1.807) is 0 Å². The van der Waals surface area contributed by atoms with Crippen molar-refractivity contribution < 1.29 is 47.3 Å². The van der Waals surface area contributed by atoms with Gasteiger partial charge in [-0.1, -0.05) is 12.8 Å². The van der Waals surface area contributed by atoms with Gasteiger partial charge in [-0.25, -0.2) is 4.89 Å². The molecule has 1 atom stereocenters. The summed E-state index contributed by atoms with van der Waals surface area (Å²) in [5.74, 6) is -1.17. The Morgan fingerprint density at radius 1 is 0.850 bits per heavy atom. The van der Waals surface area contributed by atoms with Gasteiger partial charge in [0.25, 0.3) is 11.8 Å². The topological polar surface area (TPSA) is 151 Å². The number of hydrogen-bond donors (Lipinski definition) is 2. The quantitative estimate of drug-likeness (QED) is 0.0596. The molecule has 0 aliphatic carbocycles. The molecular formula is C26H46N3O10P. The smallest absolute Gasteiger partial charge is 0.362 e. The number of hydrogen-bond acceptors (Lipinski definition) is 10. The lowest BCUT2D eigenvalue weighted by atomic mass is 10.0. The lowest BCUT2D eigenvalue weighted by molar-refractivity contribution is -0.189. The Balaban J connectivity index is 2.12. The van der Waals surface area contributed by atoms with E-state index in [0.29, 0.717) is 13.2 Å². The summed E-state index contributed by atoms with van der Waals surface area (Å²) in [4.78, 5) is 53.0. The number of carbonyl (C=O) groups excluding carboxylic acids is 4. The van der Waals surface area contributed by atoms with Crippen molar-refractivity contribution in [3.63, 3.8) is 0 Å². The molecule has 0 radical (unpaired) electrons. The Morgan fingerprint density at radius 3 is 2.15 bits per heavy atom. The molecule has 0 aromatic heterocycles. The zero-order valence-electron chi connectivity index (χ0n) is 24.6. The molecule has 0 saturated carbocycles. The average molecular weight is 592 g/mol. The predicted octanol–water partition coefficient (Wildman–Crippen LogP) is 2.54. The normalized spacial score (nSPS) is 14.6. The fourth-order valence-electron chi connectivity index (χ4n) is 3.50. The summed E-state index contributed by atoms with van der Waals surface area (Å²) in [5.41, 5.74) is -1.32. The van der Waals surface area contributed by atoms with Crippen molar-refractivity contribution in [1.82, 2.24) is 15.5 Å². The van der Waals surface area contributed by atoms with E-state index in [1.165, 1.54) is 26.4 Å². The first-order valence-electron chi connectivity index (χ1n) is 13.4. The highest BCUT2D eigenvalue weighted by molar-refractivity contribution is 7.41. The molecule has 40 heavy (non-hydrogen) atoms. The van der Waals surface area contributed by atoms with E-state index in [9.17, 15) is 19.2 Å². The van der Waals surface area contributed by atoms with Crippen LogP contribution in [0.4, 0.5) is 0 Å². The second-order valence-corrected chi connectivity index (χ2v) is 11.6. The molecule has 0 aromatic carbocycles. The fourth-order valence-corrected chi connectivity index (χ4v) is 4.10.